The summed E-state index contributed by atoms with van der Waals surface area (Å²) in [5, 5.41) is 9.75. The van der Waals surface area contributed by atoms with Gasteiger partial charge in [0.1, 0.15) is 12.0 Å². The highest BCUT2D eigenvalue weighted by Gasteiger charge is 2.09. The molecule has 0 saturated heterocycles. The molecule has 3 heteroatoms. The first-order valence-corrected chi connectivity index (χ1v) is 5.80. The zero-order chi connectivity index (χ0) is 11.4. The predicted molar refractivity (Wildman–Crippen MR) is 64.3 cm³/mol. The van der Waals surface area contributed by atoms with Crippen molar-refractivity contribution in [2.24, 2.45) is 0 Å². The Morgan fingerprint density at radius 2 is 2.13 bits per heavy atom. The van der Waals surface area contributed by atoms with Crippen molar-refractivity contribution in [3.63, 3.8) is 0 Å². The average molecular weight is 271 g/mol. The van der Waals surface area contributed by atoms with Crippen LogP contribution in [-0.4, -0.2) is 11.4 Å². The SMILES string of the molecule is CC(C)c1cc(O)c(CCC=O)cc1Br. The number of aromatic hydroxyl groups is 1. The van der Waals surface area contributed by atoms with Crippen molar-refractivity contribution in [3.8, 4) is 5.75 Å². The van der Waals surface area contributed by atoms with Crippen LogP contribution in [0.5, 0.6) is 5.75 Å². The second-order valence-corrected chi connectivity index (χ2v) is 4.72. The van der Waals surface area contributed by atoms with Crippen molar-refractivity contribution in [1.29, 1.82) is 0 Å². The third kappa shape index (κ3) is 3.06. The van der Waals surface area contributed by atoms with E-state index in [1.165, 1.54) is 0 Å². The number of carbonyl (C=O) groups is 1. The summed E-state index contributed by atoms with van der Waals surface area (Å²) in [6.07, 6.45) is 1.90. The molecule has 0 saturated carbocycles. The first-order chi connectivity index (χ1) is 7.06. The van der Waals surface area contributed by atoms with Crippen LogP contribution < -0.4 is 0 Å². The zero-order valence-corrected chi connectivity index (χ0v) is 10.5. The molecule has 2 nitrogen and oxygen atoms in total. The fraction of sp³-hybridized carbons (Fsp3) is 0.417. The molecular weight excluding hydrogens is 256 g/mol. The quantitative estimate of drug-likeness (QED) is 0.852. The van der Waals surface area contributed by atoms with Gasteiger partial charge in [-0.1, -0.05) is 29.8 Å². The highest BCUT2D eigenvalue weighted by molar-refractivity contribution is 9.10. The van der Waals surface area contributed by atoms with Gasteiger partial charge in [-0.2, -0.15) is 0 Å². The zero-order valence-electron chi connectivity index (χ0n) is 8.96. The third-order valence-electron chi connectivity index (χ3n) is 2.35. The molecule has 0 fully saturated rings. The van der Waals surface area contributed by atoms with Gasteiger partial charge in [-0.3, -0.25) is 0 Å². The summed E-state index contributed by atoms with van der Waals surface area (Å²) in [5.41, 5.74) is 1.90. The van der Waals surface area contributed by atoms with E-state index in [0.717, 1.165) is 21.9 Å². The average Bonchev–Trinajstić information content (AvgIpc) is 2.18. The third-order valence-corrected chi connectivity index (χ3v) is 3.04. The normalized spacial score (nSPS) is 10.7. The van der Waals surface area contributed by atoms with Crippen LogP contribution in [0.1, 0.15) is 37.3 Å². The Bertz CT molecular complexity index is 359. The molecule has 0 unspecified atom stereocenters. The van der Waals surface area contributed by atoms with Gasteiger partial charge in [0.15, 0.2) is 0 Å². The number of aryl methyl sites for hydroxylation is 1. The number of hydrogen-bond acceptors (Lipinski definition) is 2. The van der Waals surface area contributed by atoms with E-state index in [4.69, 9.17) is 0 Å². The van der Waals surface area contributed by atoms with E-state index in [9.17, 15) is 9.90 Å². The molecule has 0 aliphatic carbocycles. The van der Waals surface area contributed by atoms with Gasteiger partial charge in [-0.05, 0) is 35.6 Å². The lowest BCUT2D eigenvalue weighted by atomic mass is 9.99. The van der Waals surface area contributed by atoms with Crippen LogP contribution in [-0.2, 0) is 11.2 Å². The number of phenols is 1. The highest BCUT2D eigenvalue weighted by atomic mass is 79.9. The van der Waals surface area contributed by atoms with Crippen molar-refractivity contribution >= 4 is 22.2 Å². The maximum absolute atomic E-state index is 10.3. The summed E-state index contributed by atoms with van der Waals surface area (Å²) in [5.74, 6) is 0.647. The van der Waals surface area contributed by atoms with E-state index in [2.05, 4.69) is 29.8 Å². The topological polar surface area (TPSA) is 37.3 Å². The van der Waals surface area contributed by atoms with E-state index >= 15 is 0 Å². The number of benzene rings is 1. The second kappa shape index (κ2) is 5.31. The second-order valence-electron chi connectivity index (χ2n) is 3.86. The number of carbonyl (C=O) groups excluding carboxylic acids is 1. The summed E-state index contributed by atoms with van der Waals surface area (Å²) in [6.45, 7) is 4.15. The molecule has 82 valence electrons. The first-order valence-electron chi connectivity index (χ1n) is 5.01. The molecule has 15 heavy (non-hydrogen) atoms. The van der Waals surface area contributed by atoms with Crippen LogP contribution in [0, 0.1) is 0 Å². The Balaban J connectivity index is 3.02. The lowest BCUT2D eigenvalue weighted by Crippen LogP contribution is -1.93. The Labute approximate surface area is 98.4 Å². The fourth-order valence-electron chi connectivity index (χ4n) is 1.48. The first kappa shape index (κ1) is 12.2. The van der Waals surface area contributed by atoms with Gasteiger partial charge in [-0.15, -0.1) is 0 Å². The van der Waals surface area contributed by atoms with Crippen LogP contribution in [0.4, 0.5) is 0 Å². The smallest absolute Gasteiger partial charge is 0.120 e. The molecule has 0 aromatic heterocycles. The van der Waals surface area contributed by atoms with Crippen LogP contribution in [0.2, 0.25) is 0 Å². The molecule has 0 atom stereocenters. The molecule has 1 N–H and O–H groups in total. The van der Waals surface area contributed by atoms with Crippen LogP contribution >= 0.6 is 15.9 Å². The van der Waals surface area contributed by atoms with Crippen LogP contribution in [0.3, 0.4) is 0 Å². The Kier molecular flexibility index (Phi) is 4.33. The maximum Gasteiger partial charge on any atom is 0.120 e. The fourth-order valence-corrected chi connectivity index (χ4v) is 2.32. The van der Waals surface area contributed by atoms with Gasteiger partial charge in [0.25, 0.3) is 0 Å². The van der Waals surface area contributed by atoms with E-state index in [0.29, 0.717) is 18.8 Å². The van der Waals surface area contributed by atoms with Crippen molar-refractivity contribution in [2.45, 2.75) is 32.6 Å². The Hall–Kier alpha value is -0.830. The van der Waals surface area contributed by atoms with E-state index in [-0.39, 0.29) is 5.75 Å². The van der Waals surface area contributed by atoms with Gasteiger partial charge in [-0.25, -0.2) is 0 Å². The summed E-state index contributed by atoms with van der Waals surface area (Å²) in [4.78, 5) is 10.3. The monoisotopic (exact) mass is 270 g/mol. The number of aldehydes is 1. The summed E-state index contributed by atoms with van der Waals surface area (Å²) in [6, 6.07) is 3.67. The molecular formula is C12H15BrO2. The minimum atomic E-state index is 0.281. The summed E-state index contributed by atoms with van der Waals surface area (Å²) < 4.78 is 0.996. The van der Waals surface area contributed by atoms with Gasteiger partial charge in [0.05, 0.1) is 0 Å². The lowest BCUT2D eigenvalue weighted by molar-refractivity contribution is -0.107. The Morgan fingerprint density at radius 1 is 1.47 bits per heavy atom. The Morgan fingerprint density at radius 3 is 2.67 bits per heavy atom. The van der Waals surface area contributed by atoms with E-state index in [1.807, 2.05) is 6.07 Å². The van der Waals surface area contributed by atoms with Gasteiger partial charge >= 0.3 is 0 Å². The van der Waals surface area contributed by atoms with E-state index < -0.39 is 0 Å². The minimum Gasteiger partial charge on any atom is -0.508 e. The van der Waals surface area contributed by atoms with Crippen molar-refractivity contribution in [3.05, 3.63) is 27.7 Å². The number of rotatable bonds is 4. The van der Waals surface area contributed by atoms with Crippen LogP contribution in [0.15, 0.2) is 16.6 Å². The molecule has 0 radical (unpaired) electrons. The molecule has 0 amide bonds. The number of halogens is 1. The van der Waals surface area contributed by atoms with Crippen LogP contribution in [0.25, 0.3) is 0 Å². The minimum absolute atomic E-state index is 0.281. The standard InChI is InChI=1S/C12H15BrO2/c1-8(2)10-7-12(15)9(4-3-5-14)6-11(10)13/h5-8,15H,3-4H2,1-2H3. The number of hydrogen-bond donors (Lipinski definition) is 1. The lowest BCUT2D eigenvalue weighted by Gasteiger charge is -2.11. The van der Waals surface area contributed by atoms with Crippen molar-refractivity contribution in [2.75, 3.05) is 0 Å². The highest BCUT2D eigenvalue weighted by Crippen LogP contribution is 2.31. The van der Waals surface area contributed by atoms with E-state index in [1.54, 1.807) is 6.07 Å². The largest absolute Gasteiger partial charge is 0.508 e. The maximum atomic E-state index is 10.3. The van der Waals surface area contributed by atoms with Gasteiger partial charge < -0.3 is 9.90 Å². The van der Waals surface area contributed by atoms with Crippen molar-refractivity contribution in [1.82, 2.24) is 0 Å². The molecule has 0 aliphatic heterocycles. The predicted octanol–water partition coefficient (Wildman–Crippen LogP) is 3.41. The molecule has 0 bridgehead atoms. The summed E-state index contributed by atoms with van der Waals surface area (Å²) >= 11 is 3.47. The van der Waals surface area contributed by atoms with Gasteiger partial charge in [0, 0.05) is 10.9 Å². The summed E-state index contributed by atoms with van der Waals surface area (Å²) in [7, 11) is 0. The van der Waals surface area contributed by atoms with Gasteiger partial charge in [0.2, 0.25) is 0 Å². The molecule has 1 aromatic carbocycles. The molecule has 0 spiro atoms. The molecule has 0 heterocycles. The molecule has 0 aliphatic rings. The molecule has 1 aromatic rings. The number of phenolic OH excluding ortho intramolecular Hbond substituents is 1. The molecule has 1 rings (SSSR count). The van der Waals surface area contributed by atoms with Crippen molar-refractivity contribution < 1.29 is 9.90 Å².